The van der Waals surface area contributed by atoms with Crippen LogP contribution < -0.4 is 0 Å². The Morgan fingerprint density at radius 2 is 2.29 bits per heavy atom. The molecule has 1 aromatic heterocycles. The van der Waals surface area contributed by atoms with E-state index in [1.54, 1.807) is 4.88 Å². The highest BCUT2D eigenvalue weighted by atomic mass is 32.1. The molecule has 0 spiro atoms. The van der Waals surface area contributed by atoms with Crippen molar-refractivity contribution in [1.29, 1.82) is 0 Å². The summed E-state index contributed by atoms with van der Waals surface area (Å²) in [5.74, 6) is 0.879. The standard InChI is InChI=1S/C14H22N2S/c1-3-6-16-7-4-5-11-8-12-14(9-13(11)16)17-10(2)15-12/h11,13H,3-9H2,1-2H3/t11-,13-/m1/s1. The highest BCUT2D eigenvalue weighted by molar-refractivity contribution is 7.11. The second-order valence-electron chi connectivity index (χ2n) is 5.52. The van der Waals surface area contributed by atoms with Crippen LogP contribution in [0.5, 0.6) is 0 Å². The number of nitrogens with zero attached hydrogens (tertiary/aromatic N) is 2. The van der Waals surface area contributed by atoms with Crippen molar-refractivity contribution in [2.24, 2.45) is 5.92 Å². The molecule has 17 heavy (non-hydrogen) atoms. The molecule has 1 saturated heterocycles. The maximum Gasteiger partial charge on any atom is 0.0900 e. The molecule has 3 rings (SSSR count). The van der Waals surface area contributed by atoms with E-state index in [-0.39, 0.29) is 0 Å². The number of thiazole rings is 1. The zero-order chi connectivity index (χ0) is 11.8. The Kier molecular flexibility index (Phi) is 3.22. The molecule has 0 N–H and O–H groups in total. The molecular weight excluding hydrogens is 228 g/mol. The van der Waals surface area contributed by atoms with Crippen LogP contribution in [0.4, 0.5) is 0 Å². The lowest BCUT2D eigenvalue weighted by Gasteiger charge is -2.43. The van der Waals surface area contributed by atoms with Gasteiger partial charge in [0.2, 0.25) is 0 Å². The van der Waals surface area contributed by atoms with E-state index in [4.69, 9.17) is 4.98 Å². The van der Waals surface area contributed by atoms with Crippen molar-refractivity contribution in [2.45, 2.75) is 52.0 Å². The van der Waals surface area contributed by atoms with Crippen molar-refractivity contribution < 1.29 is 0 Å². The fourth-order valence-electron chi connectivity index (χ4n) is 3.58. The van der Waals surface area contributed by atoms with E-state index in [9.17, 15) is 0 Å². The van der Waals surface area contributed by atoms with Gasteiger partial charge in [-0.15, -0.1) is 11.3 Å². The lowest BCUT2D eigenvalue weighted by atomic mass is 9.79. The average molecular weight is 250 g/mol. The Bertz CT molecular complexity index is 397. The Balaban J connectivity index is 1.83. The third-order valence-corrected chi connectivity index (χ3v) is 5.31. The predicted molar refractivity (Wildman–Crippen MR) is 72.6 cm³/mol. The maximum atomic E-state index is 4.71. The first kappa shape index (κ1) is 11.7. The fraction of sp³-hybridized carbons (Fsp3) is 0.786. The van der Waals surface area contributed by atoms with Crippen molar-refractivity contribution in [2.75, 3.05) is 13.1 Å². The molecule has 94 valence electrons. The van der Waals surface area contributed by atoms with E-state index in [0.29, 0.717) is 0 Å². The SMILES string of the molecule is CCCN1CCC[C@@H]2Cc3nc(C)sc3C[C@H]21. The van der Waals surface area contributed by atoms with Crippen LogP contribution in [0.1, 0.15) is 41.8 Å². The van der Waals surface area contributed by atoms with Gasteiger partial charge in [-0.05, 0) is 58.0 Å². The van der Waals surface area contributed by atoms with Crippen LogP contribution in [0.2, 0.25) is 0 Å². The first-order chi connectivity index (χ1) is 8.28. The summed E-state index contributed by atoms with van der Waals surface area (Å²) in [7, 11) is 0. The van der Waals surface area contributed by atoms with Gasteiger partial charge in [0.1, 0.15) is 0 Å². The topological polar surface area (TPSA) is 16.1 Å². The number of hydrogen-bond acceptors (Lipinski definition) is 3. The van der Waals surface area contributed by atoms with Crippen molar-refractivity contribution in [1.82, 2.24) is 9.88 Å². The summed E-state index contributed by atoms with van der Waals surface area (Å²) in [6.07, 6.45) is 6.61. The molecule has 2 heterocycles. The van der Waals surface area contributed by atoms with Gasteiger partial charge in [0.05, 0.1) is 10.7 Å². The molecule has 0 radical (unpaired) electrons. The molecular formula is C14H22N2S. The fourth-order valence-corrected chi connectivity index (χ4v) is 4.59. The smallest absolute Gasteiger partial charge is 0.0900 e. The van der Waals surface area contributed by atoms with Crippen LogP contribution in [-0.2, 0) is 12.8 Å². The van der Waals surface area contributed by atoms with Gasteiger partial charge in [0.25, 0.3) is 0 Å². The van der Waals surface area contributed by atoms with Gasteiger partial charge >= 0.3 is 0 Å². The minimum Gasteiger partial charge on any atom is -0.300 e. The van der Waals surface area contributed by atoms with Gasteiger partial charge in [-0.2, -0.15) is 0 Å². The highest BCUT2D eigenvalue weighted by Crippen LogP contribution is 2.36. The van der Waals surface area contributed by atoms with Gasteiger partial charge in [0, 0.05) is 10.9 Å². The van der Waals surface area contributed by atoms with Crippen LogP contribution in [0.25, 0.3) is 0 Å². The Hall–Kier alpha value is -0.410. The number of rotatable bonds is 2. The lowest BCUT2D eigenvalue weighted by molar-refractivity contribution is 0.0857. The Morgan fingerprint density at radius 1 is 1.41 bits per heavy atom. The first-order valence-corrected chi connectivity index (χ1v) is 7.78. The van der Waals surface area contributed by atoms with Crippen LogP contribution >= 0.6 is 11.3 Å². The minimum atomic E-state index is 0.816. The minimum absolute atomic E-state index is 0.816. The number of aromatic nitrogens is 1. The Labute approximate surface area is 108 Å². The van der Waals surface area contributed by atoms with Gasteiger partial charge in [0.15, 0.2) is 0 Å². The van der Waals surface area contributed by atoms with Gasteiger partial charge < -0.3 is 0 Å². The molecule has 2 nitrogen and oxygen atoms in total. The third kappa shape index (κ3) is 2.15. The van der Waals surface area contributed by atoms with E-state index in [1.165, 1.54) is 55.9 Å². The average Bonchev–Trinajstić information content (AvgIpc) is 2.66. The van der Waals surface area contributed by atoms with E-state index in [1.807, 2.05) is 11.3 Å². The highest BCUT2D eigenvalue weighted by Gasteiger charge is 2.36. The van der Waals surface area contributed by atoms with Crippen molar-refractivity contribution in [3.05, 3.63) is 15.6 Å². The molecule has 2 aliphatic rings. The van der Waals surface area contributed by atoms with Crippen LogP contribution in [0, 0.1) is 12.8 Å². The predicted octanol–water partition coefficient (Wildman–Crippen LogP) is 3.04. The quantitative estimate of drug-likeness (QED) is 0.802. The Morgan fingerprint density at radius 3 is 3.12 bits per heavy atom. The molecule has 1 aromatic rings. The van der Waals surface area contributed by atoms with Crippen molar-refractivity contribution >= 4 is 11.3 Å². The molecule has 0 aromatic carbocycles. The largest absolute Gasteiger partial charge is 0.300 e. The third-order valence-electron chi connectivity index (χ3n) is 4.28. The monoisotopic (exact) mass is 250 g/mol. The number of hydrogen-bond donors (Lipinski definition) is 0. The van der Waals surface area contributed by atoms with E-state index >= 15 is 0 Å². The number of piperidine rings is 1. The summed E-state index contributed by atoms with van der Waals surface area (Å²) >= 11 is 1.93. The number of aryl methyl sites for hydroxylation is 1. The van der Waals surface area contributed by atoms with Crippen LogP contribution in [0.3, 0.4) is 0 Å². The normalized spacial score (nSPS) is 28.8. The maximum absolute atomic E-state index is 4.71. The number of likely N-dealkylation sites (tertiary alicyclic amines) is 1. The molecule has 0 bridgehead atoms. The molecule has 0 amide bonds. The molecule has 1 aliphatic heterocycles. The zero-order valence-electron chi connectivity index (χ0n) is 10.9. The summed E-state index contributed by atoms with van der Waals surface area (Å²) in [6.45, 7) is 7.06. The second kappa shape index (κ2) is 4.69. The molecule has 0 unspecified atom stereocenters. The van der Waals surface area contributed by atoms with Gasteiger partial charge in [-0.3, -0.25) is 4.90 Å². The molecule has 2 atom stereocenters. The molecule has 1 fully saturated rings. The van der Waals surface area contributed by atoms with Crippen LogP contribution in [-0.4, -0.2) is 29.0 Å². The molecule has 0 saturated carbocycles. The summed E-state index contributed by atoms with van der Waals surface area (Å²) < 4.78 is 0. The van der Waals surface area contributed by atoms with E-state index < -0.39 is 0 Å². The van der Waals surface area contributed by atoms with Crippen LogP contribution in [0.15, 0.2) is 0 Å². The number of fused-ring (bicyclic) bond motifs is 2. The van der Waals surface area contributed by atoms with E-state index in [0.717, 1.165) is 12.0 Å². The second-order valence-corrected chi connectivity index (χ2v) is 6.80. The first-order valence-electron chi connectivity index (χ1n) is 6.97. The van der Waals surface area contributed by atoms with E-state index in [2.05, 4.69) is 18.7 Å². The van der Waals surface area contributed by atoms with Gasteiger partial charge in [-0.25, -0.2) is 4.98 Å². The summed E-state index contributed by atoms with van der Waals surface area (Å²) in [5.41, 5.74) is 1.42. The summed E-state index contributed by atoms with van der Waals surface area (Å²) in [5, 5.41) is 1.26. The van der Waals surface area contributed by atoms with Crippen molar-refractivity contribution in [3.63, 3.8) is 0 Å². The molecule has 1 aliphatic carbocycles. The zero-order valence-corrected chi connectivity index (χ0v) is 11.7. The van der Waals surface area contributed by atoms with Gasteiger partial charge in [-0.1, -0.05) is 6.92 Å². The van der Waals surface area contributed by atoms with Crippen molar-refractivity contribution in [3.8, 4) is 0 Å². The molecule has 3 heteroatoms. The lowest BCUT2D eigenvalue weighted by Crippen LogP contribution is -2.49. The summed E-state index contributed by atoms with van der Waals surface area (Å²) in [4.78, 5) is 9.03. The summed E-state index contributed by atoms with van der Waals surface area (Å²) in [6, 6.07) is 0.816.